The second-order valence-electron chi connectivity index (χ2n) is 4.69. The third-order valence-electron chi connectivity index (χ3n) is 3.14. The van der Waals surface area contributed by atoms with Crippen LogP contribution in [0.15, 0.2) is 48.5 Å². The molecule has 3 nitrogen and oxygen atoms in total. The highest BCUT2D eigenvalue weighted by Gasteiger charge is 2.14. The van der Waals surface area contributed by atoms with Gasteiger partial charge in [-0.05, 0) is 29.7 Å². The lowest BCUT2D eigenvalue weighted by Gasteiger charge is -2.12. The van der Waals surface area contributed by atoms with Crippen LogP contribution in [0.3, 0.4) is 0 Å². The van der Waals surface area contributed by atoms with E-state index >= 15 is 0 Å². The van der Waals surface area contributed by atoms with Gasteiger partial charge in [0.15, 0.2) is 0 Å². The summed E-state index contributed by atoms with van der Waals surface area (Å²) in [5.74, 6) is -0.554. The lowest BCUT2D eigenvalue weighted by molar-refractivity contribution is -0.122. The number of aryl methyl sites for hydroxylation is 1. The third kappa shape index (κ3) is 3.42. The Kier molecular flexibility index (Phi) is 4.48. The molecule has 3 N–H and O–H groups in total. The SMILES string of the molecule is Cc1ccc(CNC(=O)[C@H](N)c2ccccc2)cc1F. The molecule has 0 aliphatic heterocycles. The van der Waals surface area contributed by atoms with Gasteiger partial charge in [-0.3, -0.25) is 4.79 Å². The molecule has 0 aromatic heterocycles. The standard InChI is InChI=1S/C16H17FN2O/c1-11-7-8-12(9-14(11)17)10-19-16(20)15(18)13-5-3-2-4-6-13/h2-9,15H,10,18H2,1H3,(H,19,20)/t15-/m1/s1. The summed E-state index contributed by atoms with van der Waals surface area (Å²) in [7, 11) is 0. The van der Waals surface area contributed by atoms with E-state index in [1.807, 2.05) is 18.2 Å². The predicted octanol–water partition coefficient (Wildman–Crippen LogP) is 2.45. The molecule has 2 aromatic carbocycles. The number of hydrogen-bond acceptors (Lipinski definition) is 2. The van der Waals surface area contributed by atoms with Gasteiger partial charge in [0.2, 0.25) is 5.91 Å². The second-order valence-corrected chi connectivity index (χ2v) is 4.69. The molecule has 0 aliphatic carbocycles. The van der Waals surface area contributed by atoms with Crippen molar-refractivity contribution in [1.82, 2.24) is 5.32 Å². The Morgan fingerprint density at radius 1 is 1.25 bits per heavy atom. The number of nitrogens with one attached hydrogen (secondary N) is 1. The van der Waals surface area contributed by atoms with E-state index in [4.69, 9.17) is 5.73 Å². The molecule has 0 aliphatic rings. The van der Waals surface area contributed by atoms with E-state index in [0.29, 0.717) is 11.1 Å². The molecule has 2 aromatic rings. The summed E-state index contributed by atoms with van der Waals surface area (Å²) in [5, 5.41) is 2.71. The maximum Gasteiger partial charge on any atom is 0.241 e. The van der Waals surface area contributed by atoms with Crippen molar-refractivity contribution in [3.8, 4) is 0 Å². The molecule has 0 saturated heterocycles. The van der Waals surface area contributed by atoms with Crippen molar-refractivity contribution in [3.05, 3.63) is 71.0 Å². The zero-order chi connectivity index (χ0) is 14.5. The van der Waals surface area contributed by atoms with Gasteiger partial charge in [-0.25, -0.2) is 4.39 Å². The molecule has 0 heterocycles. The Morgan fingerprint density at radius 2 is 1.95 bits per heavy atom. The molecule has 104 valence electrons. The van der Waals surface area contributed by atoms with Crippen LogP contribution in [0, 0.1) is 12.7 Å². The first-order valence-corrected chi connectivity index (χ1v) is 6.41. The first kappa shape index (κ1) is 14.2. The fourth-order valence-electron chi connectivity index (χ4n) is 1.86. The van der Waals surface area contributed by atoms with Crippen molar-refractivity contribution < 1.29 is 9.18 Å². The highest BCUT2D eigenvalue weighted by Crippen LogP contribution is 2.11. The minimum atomic E-state index is -0.716. The number of nitrogens with two attached hydrogens (primary N) is 1. The fourth-order valence-corrected chi connectivity index (χ4v) is 1.86. The summed E-state index contributed by atoms with van der Waals surface area (Å²) < 4.78 is 13.4. The molecule has 0 bridgehead atoms. The Bertz CT molecular complexity index is 599. The maximum absolute atomic E-state index is 13.4. The average Bonchev–Trinajstić information content (AvgIpc) is 2.48. The van der Waals surface area contributed by atoms with Crippen molar-refractivity contribution >= 4 is 5.91 Å². The van der Waals surface area contributed by atoms with Crippen LogP contribution in [0.1, 0.15) is 22.7 Å². The molecule has 0 unspecified atom stereocenters. The van der Waals surface area contributed by atoms with Gasteiger partial charge in [-0.1, -0.05) is 42.5 Å². The molecule has 2 rings (SSSR count). The summed E-state index contributed by atoms with van der Waals surface area (Å²) in [5.41, 5.74) is 7.91. The Balaban J connectivity index is 1.96. The molecule has 0 fully saturated rings. The largest absolute Gasteiger partial charge is 0.350 e. The summed E-state index contributed by atoms with van der Waals surface area (Å²) in [4.78, 5) is 11.9. The van der Waals surface area contributed by atoms with Gasteiger partial charge in [0.1, 0.15) is 11.9 Å². The van der Waals surface area contributed by atoms with Gasteiger partial charge >= 0.3 is 0 Å². The summed E-state index contributed by atoms with van der Waals surface area (Å²) in [6.07, 6.45) is 0. The topological polar surface area (TPSA) is 55.1 Å². The summed E-state index contributed by atoms with van der Waals surface area (Å²) in [6, 6.07) is 13.3. The predicted molar refractivity (Wildman–Crippen MR) is 76.4 cm³/mol. The van der Waals surface area contributed by atoms with E-state index in [1.165, 1.54) is 6.07 Å². The van der Waals surface area contributed by atoms with E-state index in [9.17, 15) is 9.18 Å². The molecule has 1 atom stereocenters. The van der Waals surface area contributed by atoms with Crippen LogP contribution in [0.2, 0.25) is 0 Å². The summed E-state index contributed by atoms with van der Waals surface area (Å²) >= 11 is 0. The Labute approximate surface area is 117 Å². The number of hydrogen-bond donors (Lipinski definition) is 2. The molecule has 0 radical (unpaired) electrons. The van der Waals surface area contributed by atoms with Crippen LogP contribution in [0.4, 0.5) is 4.39 Å². The molecule has 4 heteroatoms. The van der Waals surface area contributed by atoms with Crippen LogP contribution in [0.25, 0.3) is 0 Å². The van der Waals surface area contributed by atoms with Gasteiger partial charge in [-0.15, -0.1) is 0 Å². The molecule has 0 saturated carbocycles. The Hall–Kier alpha value is -2.20. The number of amides is 1. The van der Waals surface area contributed by atoms with Crippen LogP contribution < -0.4 is 11.1 Å². The zero-order valence-corrected chi connectivity index (χ0v) is 11.3. The summed E-state index contributed by atoms with van der Waals surface area (Å²) in [6.45, 7) is 1.96. The normalized spacial score (nSPS) is 11.9. The van der Waals surface area contributed by atoms with Gasteiger partial charge in [0, 0.05) is 6.54 Å². The van der Waals surface area contributed by atoms with Gasteiger partial charge in [0.25, 0.3) is 0 Å². The van der Waals surface area contributed by atoms with Crippen LogP contribution in [0.5, 0.6) is 0 Å². The van der Waals surface area contributed by atoms with Crippen LogP contribution in [-0.2, 0) is 11.3 Å². The first-order chi connectivity index (χ1) is 9.58. The van der Waals surface area contributed by atoms with E-state index in [-0.39, 0.29) is 18.3 Å². The number of benzene rings is 2. The lowest BCUT2D eigenvalue weighted by Crippen LogP contribution is -2.33. The van der Waals surface area contributed by atoms with Crippen molar-refractivity contribution in [2.45, 2.75) is 19.5 Å². The highest BCUT2D eigenvalue weighted by atomic mass is 19.1. The second kappa shape index (κ2) is 6.30. The molecule has 20 heavy (non-hydrogen) atoms. The van der Waals surface area contributed by atoms with E-state index in [0.717, 1.165) is 5.56 Å². The van der Waals surface area contributed by atoms with Crippen molar-refractivity contribution in [2.75, 3.05) is 0 Å². The first-order valence-electron chi connectivity index (χ1n) is 6.41. The maximum atomic E-state index is 13.4. The smallest absolute Gasteiger partial charge is 0.241 e. The number of carbonyl (C=O) groups is 1. The number of carbonyl (C=O) groups excluding carboxylic acids is 1. The van der Waals surface area contributed by atoms with Crippen molar-refractivity contribution in [2.24, 2.45) is 5.73 Å². The van der Waals surface area contributed by atoms with Crippen molar-refractivity contribution in [3.63, 3.8) is 0 Å². The van der Waals surface area contributed by atoms with Crippen molar-refractivity contribution in [1.29, 1.82) is 0 Å². The average molecular weight is 272 g/mol. The minimum absolute atomic E-state index is 0.260. The quantitative estimate of drug-likeness (QED) is 0.898. The van der Waals surface area contributed by atoms with E-state index in [2.05, 4.69) is 5.32 Å². The zero-order valence-electron chi connectivity index (χ0n) is 11.3. The number of halogens is 1. The molecular formula is C16H17FN2O. The highest BCUT2D eigenvalue weighted by molar-refractivity contribution is 5.82. The third-order valence-corrected chi connectivity index (χ3v) is 3.14. The Morgan fingerprint density at radius 3 is 2.60 bits per heavy atom. The molecule has 0 spiro atoms. The molecular weight excluding hydrogens is 255 g/mol. The van der Waals surface area contributed by atoms with Crippen LogP contribution in [-0.4, -0.2) is 5.91 Å². The van der Waals surface area contributed by atoms with Crippen LogP contribution >= 0.6 is 0 Å². The van der Waals surface area contributed by atoms with E-state index < -0.39 is 6.04 Å². The molecule has 1 amide bonds. The minimum Gasteiger partial charge on any atom is -0.350 e. The van der Waals surface area contributed by atoms with E-state index in [1.54, 1.807) is 31.2 Å². The van der Waals surface area contributed by atoms with Gasteiger partial charge in [-0.2, -0.15) is 0 Å². The number of rotatable bonds is 4. The monoisotopic (exact) mass is 272 g/mol. The van der Waals surface area contributed by atoms with Gasteiger partial charge < -0.3 is 11.1 Å². The van der Waals surface area contributed by atoms with Gasteiger partial charge in [0.05, 0.1) is 0 Å². The lowest BCUT2D eigenvalue weighted by atomic mass is 10.1. The fraction of sp³-hybridized carbons (Fsp3) is 0.188.